The van der Waals surface area contributed by atoms with Crippen LogP contribution in [-0.2, 0) is 14.6 Å². The highest BCUT2D eigenvalue weighted by atomic mass is 32.2. The van der Waals surface area contributed by atoms with Gasteiger partial charge in [-0.05, 0) is 75.8 Å². The fraction of sp³-hybridized carbons (Fsp3) is 0.429. The predicted octanol–water partition coefficient (Wildman–Crippen LogP) is 5.82. The Kier molecular flexibility index (Phi) is 6.86. The number of sulfone groups is 1. The summed E-state index contributed by atoms with van der Waals surface area (Å²) < 4.78 is 37.2. The summed E-state index contributed by atoms with van der Waals surface area (Å²) in [5, 5.41) is 13.8. The molecule has 194 valence electrons. The van der Waals surface area contributed by atoms with Crippen LogP contribution >= 0.6 is 0 Å². The van der Waals surface area contributed by atoms with Crippen LogP contribution in [0.2, 0.25) is 0 Å². The molecule has 8 nitrogen and oxygen atoms in total. The Hall–Kier alpha value is -3.51. The number of hydrogen-bond acceptors (Lipinski definition) is 6. The molecule has 2 aliphatic rings. The zero-order chi connectivity index (χ0) is 26.2. The first-order valence-corrected chi connectivity index (χ1v) is 14.6. The molecule has 3 aromatic rings. The maximum atomic E-state index is 12.0. The maximum Gasteiger partial charge on any atom is 0.411 e. The summed E-state index contributed by atoms with van der Waals surface area (Å²) in [7, 11) is -2.96. The topological polar surface area (TPSA) is 110 Å². The molecule has 0 unspecified atom stereocenters. The van der Waals surface area contributed by atoms with Crippen LogP contribution in [0, 0.1) is 11.3 Å². The molecule has 2 aromatic carbocycles. The van der Waals surface area contributed by atoms with Crippen molar-refractivity contribution in [2.24, 2.45) is 0 Å². The number of carbonyl (C=O) groups excluding carboxylic acids is 1. The molecule has 1 aromatic heterocycles. The van der Waals surface area contributed by atoms with E-state index < -0.39 is 15.9 Å². The second kappa shape index (κ2) is 10.1. The monoisotopic (exact) mass is 521 g/mol. The Morgan fingerprint density at radius 3 is 2.38 bits per heavy atom. The van der Waals surface area contributed by atoms with Crippen molar-refractivity contribution in [3.63, 3.8) is 0 Å². The molecule has 0 radical (unpaired) electrons. The van der Waals surface area contributed by atoms with E-state index in [1.807, 2.05) is 42.5 Å². The first kappa shape index (κ1) is 25.2. The number of ether oxygens (including phenoxy) is 2. The highest BCUT2D eigenvalue weighted by Gasteiger charge is 2.29. The SMILES string of the molecule is CC(C)OC(=O)Nc1ccc(-c2c(C#N)c3ccc(OC4CCS(=O)(=O)CC4)cc3n2C2CCC2)cc1. The van der Waals surface area contributed by atoms with Crippen molar-refractivity contribution in [3.05, 3.63) is 48.0 Å². The Morgan fingerprint density at radius 2 is 1.78 bits per heavy atom. The molecule has 2 fully saturated rings. The van der Waals surface area contributed by atoms with Crippen LogP contribution in [0.4, 0.5) is 10.5 Å². The predicted molar refractivity (Wildman–Crippen MR) is 143 cm³/mol. The van der Waals surface area contributed by atoms with Crippen LogP contribution in [-0.4, -0.2) is 42.8 Å². The summed E-state index contributed by atoms with van der Waals surface area (Å²) in [6.07, 6.45) is 3.34. The molecule has 5 rings (SSSR count). The first-order chi connectivity index (χ1) is 17.7. The highest BCUT2D eigenvalue weighted by Crippen LogP contribution is 2.43. The summed E-state index contributed by atoms with van der Waals surface area (Å²) >= 11 is 0. The summed E-state index contributed by atoms with van der Waals surface area (Å²) in [6.45, 7) is 3.59. The van der Waals surface area contributed by atoms with E-state index in [9.17, 15) is 18.5 Å². The van der Waals surface area contributed by atoms with E-state index in [-0.39, 0.29) is 29.8 Å². The van der Waals surface area contributed by atoms with E-state index >= 15 is 0 Å². The minimum Gasteiger partial charge on any atom is -0.490 e. The number of rotatable bonds is 6. The van der Waals surface area contributed by atoms with Gasteiger partial charge in [-0.15, -0.1) is 0 Å². The molecule has 1 aliphatic heterocycles. The van der Waals surface area contributed by atoms with Gasteiger partial charge in [-0.2, -0.15) is 5.26 Å². The number of nitrogens with zero attached hydrogens (tertiary/aromatic N) is 2. The minimum atomic E-state index is -2.96. The molecule has 0 atom stereocenters. The van der Waals surface area contributed by atoms with Gasteiger partial charge < -0.3 is 14.0 Å². The quantitative estimate of drug-likeness (QED) is 0.438. The van der Waals surface area contributed by atoms with Crippen LogP contribution in [0.1, 0.15) is 57.6 Å². The molecule has 2 heterocycles. The molecule has 0 bridgehead atoms. The molecule has 1 saturated carbocycles. The zero-order valence-corrected chi connectivity index (χ0v) is 21.9. The summed E-state index contributed by atoms with van der Waals surface area (Å²) in [4.78, 5) is 12.0. The third-order valence-electron chi connectivity index (χ3n) is 7.08. The van der Waals surface area contributed by atoms with E-state index in [4.69, 9.17) is 9.47 Å². The number of nitrogens with one attached hydrogen (secondary N) is 1. The van der Waals surface area contributed by atoms with Gasteiger partial charge in [0.2, 0.25) is 0 Å². The van der Waals surface area contributed by atoms with Crippen LogP contribution in [0.25, 0.3) is 22.2 Å². The average Bonchev–Trinajstić information content (AvgIpc) is 3.12. The van der Waals surface area contributed by atoms with Gasteiger partial charge in [0, 0.05) is 23.2 Å². The number of benzene rings is 2. The molecular formula is C28H31N3O5S. The normalized spacial score (nSPS) is 17.8. The zero-order valence-electron chi connectivity index (χ0n) is 21.1. The number of carbonyl (C=O) groups is 1. The van der Waals surface area contributed by atoms with Gasteiger partial charge >= 0.3 is 6.09 Å². The standard InChI is InChI=1S/C28H31N3O5S/c1-18(2)35-28(32)30-20-8-6-19(7-9-20)27-25(17-29)24-11-10-23(16-26(24)31(27)21-4-3-5-21)36-22-12-14-37(33,34)15-13-22/h6-11,16,18,21-22H,3-5,12-15H2,1-2H3,(H,30,32). The lowest BCUT2D eigenvalue weighted by Crippen LogP contribution is -2.30. The second-order valence-corrected chi connectivity index (χ2v) is 12.4. The molecular weight excluding hydrogens is 490 g/mol. The van der Waals surface area contributed by atoms with Crippen molar-refractivity contribution < 1.29 is 22.7 Å². The smallest absolute Gasteiger partial charge is 0.411 e. The van der Waals surface area contributed by atoms with Gasteiger partial charge in [-0.3, -0.25) is 5.32 Å². The summed E-state index contributed by atoms with van der Waals surface area (Å²) in [5.74, 6) is 0.997. The number of nitriles is 1. The molecule has 0 spiro atoms. The number of anilines is 1. The van der Waals surface area contributed by atoms with Gasteiger partial charge in [0.15, 0.2) is 9.84 Å². The third-order valence-corrected chi connectivity index (χ3v) is 8.79. The molecule has 1 amide bonds. The second-order valence-electron chi connectivity index (χ2n) is 10.1. The van der Waals surface area contributed by atoms with Crippen LogP contribution in [0.5, 0.6) is 5.75 Å². The van der Waals surface area contributed by atoms with Crippen LogP contribution in [0.3, 0.4) is 0 Å². The summed E-state index contributed by atoms with van der Waals surface area (Å²) in [5.41, 5.74) is 3.92. The minimum absolute atomic E-state index is 0.134. The lowest BCUT2D eigenvalue weighted by atomic mass is 9.92. The Labute approximate surface area is 217 Å². The first-order valence-electron chi connectivity index (χ1n) is 12.8. The number of aromatic nitrogens is 1. The van der Waals surface area contributed by atoms with Gasteiger partial charge in [-0.25, -0.2) is 13.2 Å². The number of hydrogen-bond donors (Lipinski definition) is 1. The van der Waals surface area contributed by atoms with E-state index in [2.05, 4.69) is 16.0 Å². The lowest BCUT2D eigenvalue weighted by Gasteiger charge is -2.30. The van der Waals surface area contributed by atoms with Crippen molar-refractivity contribution in [2.45, 2.75) is 64.2 Å². The van der Waals surface area contributed by atoms with E-state index in [0.717, 1.165) is 41.4 Å². The number of amides is 1. The van der Waals surface area contributed by atoms with Crippen molar-refractivity contribution in [1.29, 1.82) is 5.26 Å². The van der Waals surface area contributed by atoms with Crippen molar-refractivity contribution in [1.82, 2.24) is 4.57 Å². The average molecular weight is 522 g/mol. The third kappa shape index (κ3) is 5.30. The van der Waals surface area contributed by atoms with Crippen LogP contribution in [0.15, 0.2) is 42.5 Å². The fourth-order valence-corrected chi connectivity index (χ4v) is 6.48. The number of fused-ring (bicyclic) bond motifs is 1. The Morgan fingerprint density at radius 1 is 1.08 bits per heavy atom. The van der Waals surface area contributed by atoms with Gasteiger partial charge in [0.1, 0.15) is 17.9 Å². The van der Waals surface area contributed by atoms with Crippen molar-refractivity contribution in [3.8, 4) is 23.1 Å². The van der Waals surface area contributed by atoms with E-state index in [1.54, 1.807) is 13.8 Å². The maximum absolute atomic E-state index is 12.0. The Balaban J connectivity index is 1.49. The molecule has 1 N–H and O–H groups in total. The van der Waals surface area contributed by atoms with Gasteiger partial charge in [0.25, 0.3) is 0 Å². The van der Waals surface area contributed by atoms with Crippen molar-refractivity contribution >= 4 is 32.5 Å². The fourth-order valence-electron chi connectivity index (χ4n) is 5.04. The van der Waals surface area contributed by atoms with Gasteiger partial charge in [0.05, 0.1) is 34.4 Å². The molecule has 1 saturated heterocycles. The molecule has 1 aliphatic carbocycles. The summed E-state index contributed by atoms with van der Waals surface area (Å²) in [6, 6.07) is 15.9. The molecule has 9 heteroatoms. The molecule has 37 heavy (non-hydrogen) atoms. The van der Waals surface area contributed by atoms with E-state index in [1.165, 1.54) is 0 Å². The van der Waals surface area contributed by atoms with E-state index in [0.29, 0.717) is 29.8 Å². The lowest BCUT2D eigenvalue weighted by molar-refractivity contribution is 0.130. The van der Waals surface area contributed by atoms with Crippen molar-refractivity contribution in [2.75, 3.05) is 16.8 Å². The highest BCUT2D eigenvalue weighted by molar-refractivity contribution is 7.91. The van der Waals surface area contributed by atoms with Gasteiger partial charge in [-0.1, -0.05) is 12.1 Å². The largest absolute Gasteiger partial charge is 0.490 e. The van der Waals surface area contributed by atoms with Crippen LogP contribution < -0.4 is 10.1 Å². The Bertz CT molecular complexity index is 1450.